The fourth-order valence-electron chi connectivity index (χ4n) is 2.39. The van der Waals surface area contributed by atoms with Crippen molar-refractivity contribution in [2.24, 2.45) is 10.4 Å². The molecule has 2 aliphatic carbocycles. The fraction of sp³-hybridized carbons (Fsp3) is 0.417. The van der Waals surface area contributed by atoms with Gasteiger partial charge in [-0.15, -0.1) is 0 Å². The minimum atomic E-state index is -0.397. The number of guanidine groups is 1. The summed E-state index contributed by atoms with van der Waals surface area (Å²) in [4.78, 5) is 5.45. The lowest BCUT2D eigenvalue weighted by atomic mass is 10.3. The van der Waals surface area contributed by atoms with Gasteiger partial charge in [-0.25, -0.2) is 9.38 Å². The molecule has 2 saturated carbocycles. The Hall–Kier alpha value is -0.940. The van der Waals surface area contributed by atoms with Crippen molar-refractivity contribution in [3.05, 3.63) is 23.0 Å². The molecule has 2 N–H and O–H groups in total. The number of halogens is 2. The SMILES string of the molecule is Fc1cc2c(cc1Cl)NC(=NC1CC13CC3)NS2. The van der Waals surface area contributed by atoms with Gasteiger partial charge in [-0.05, 0) is 48.8 Å². The molecule has 2 fully saturated rings. The second-order valence-corrected chi connectivity index (χ2v) is 6.41. The zero-order valence-electron chi connectivity index (χ0n) is 9.46. The monoisotopic (exact) mass is 283 g/mol. The largest absolute Gasteiger partial charge is 0.325 e. The Balaban J connectivity index is 1.59. The van der Waals surface area contributed by atoms with Crippen molar-refractivity contribution in [1.29, 1.82) is 0 Å². The van der Waals surface area contributed by atoms with Gasteiger partial charge in [0.1, 0.15) is 5.82 Å². The van der Waals surface area contributed by atoms with Crippen molar-refractivity contribution in [1.82, 2.24) is 4.72 Å². The highest BCUT2D eigenvalue weighted by molar-refractivity contribution is 7.98. The van der Waals surface area contributed by atoms with Gasteiger partial charge in [0.15, 0.2) is 0 Å². The van der Waals surface area contributed by atoms with Crippen LogP contribution in [0.25, 0.3) is 0 Å². The van der Waals surface area contributed by atoms with Crippen molar-refractivity contribution in [2.75, 3.05) is 5.32 Å². The molecule has 0 radical (unpaired) electrons. The summed E-state index contributed by atoms with van der Waals surface area (Å²) in [7, 11) is 0. The lowest BCUT2D eigenvalue weighted by Gasteiger charge is -2.20. The van der Waals surface area contributed by atoms with Crippen molar-refractivity contribution in [2.45, 2.75) is 30.2 Å². The lowest BCUT2D eigenvalue weighted by molar-refractivity contribution is 0.625. The number of aliphatic imine (C=N–C) groups is 1. The molecule has 1 unspecified atom stereocenters. The first-order valence-corrected chi connectivity index (χ1v) is 7.12. The first-order chi connectivity index (χ1) is 8.66. The molecule has 0 aromatic heterocycles. The Morgan fingerprint density at radius 3 is 3.00 bits per heavy atom. The minimum Gasteiger partial charge on any atom is -0.325 e. The standard InChI is InChI=1S/C12H11ClFN3S/c13-6-3-8-9(4-7(6)14)18-17-11(15-8)16-10-5-12(10)1-2-12/h3-4,10H,1-2,5H2,(H2,15,16,17). The molecule has 1 aliphatic heterocycles. The van der Waals surface area contributed by atoms with Gasteiger partial charge in [0.05, 0.1) is 21.6 Å². The molecule has 0 saturated heterocycles. The van der Waals surface area contributed by atoms with E-state index in [1.165, 1.54) is 37.3 Å². The Kier molecular flexibility index (Phi) is 2.15. The van der Waals surface area contributed by atoms with Gasteiger partial charge in [0.2, 0.25) is 5.96 Å². The lowest BCUT2D eigenvalue weighted by Crippen LogP contribution is -2.30. The van der Waals surface area contributed by atoms with Crippen LogP contribution in [0.5, 0.6) is 0 Å². The van der Waals surface area contributed by atoms with Crippen LogP contribution >= 0.6 is 23.5 Å². The summed E-state index contributed by atoms with van der Waals surface area (Å²) >= 11 is 7.15. The normalized spacial score (nSPS) is 28.6. The molecular formula is C12H11ClFN3S. The maximum atomic E-state index is 13.3. The van der Waals surface area contributed by atoms with E-state index in [0.717, 1.165) is 16.5 Å². The average molecular weight is 284 g/mol. The number of anilines is 1. The summed E-state index contributed by atoms with van der Waals surface area (Å²) in [5, 5.41) is 3.30. The van der Waals surface area contributed by atoms with Crippen LogP contribution in [0.3, 0.4) is 0 Å². The summed E-state index contributed by atoms with van der Waals surface area (Å²) in [5.74, 6) is 0.356. The van der Waals surface area contributed by atoms with E-state index in [4.69, 9.17) is 11.6 Å². The average Bonchev–Trinajstić information content (AvgIpc) is 3.23. The summed E-state index contributed by atoms with van der Waals surface area (Å²) in [6.45, 7) is 0. The summed E-state index contributed by atoms with van der Waals surface area (Å²) in [5.41, 5.74) is 1.36. The predicted octanol–water partition coefficient (Wildman–Crippen LogP) is 3.41. The van der Waals surface area contributed by atoms with E-state index in [2.05, 4.69) is 15.0 Å². The molecule has 1 heterocycles. The van der Waals surface area contributed by atoms with E-state index in [0.29, 0.717) is 11.5 Å². The van der Waals surface area contributed by atoms with Crippen molar-refractivity contribution in [3.8, 4) is 0 Å². The topological polar surface area (TPSA) is 36.4 Å². The van der Waals surface area contributed by atoms with Crippen LogP contribution in [0.2, 0.25) is 5.02 Å². The van der Waals surface area contributed by atoms with E-state index in [9.17, 15) is 4.39 Å². The van der Waals surface area contributed by atoms with E-state index >= 15 is 0 Å². The van der Waals surface area contributed by atoms with Gasteiger partial charge in [0.25, 0.3) is 0 Å². The number of hydrogen-bond acceptors (Lipinski definition) is 2. The zero-order chi connectivity index (χ0) is 12.3. The molecule has 3 nitrogen and oxygen atoms in total. The van der Waals surface area contributed by atoms with Crippen LogP contribution in [0.1, 0.15) is 19.3 Å². The van der Waals surface area contributed by atoms with Crippen molar-refractivity contribution >= 4 is 35.2 Å². The van der Waals surface area contributed by atoms with Gasteiger partial charge in [-0.3, -0.25) is 4.72 Å². The molecule has 6 heteroatoms. The summed E-state index contributed by atoms with van der Waals surface area (Å²) in [6, 6.07) is 3.50. The zero-order valence-corrected chi connectivity index (χ0v) is 11.0. The first-order valence-electron chi connectivity index (χ1n) is 5.93. The van der Waals surface area contributed by atoms with Crippen LogP contribution in [0.4, 0.5) is 10.1 Å². The predicted molar refractivity (Wildman–Crippen MR) is 71.5 cm³/mol. The smallest absolute Gasteiger partial charge is 0.206 e. The van der Waals surface area contributed by atoms with E-state index in [-0.39, 0.29) is 5.02 Å². The molecule has 3 aliphatic rings. The number of nitrogens with one attached hydrogen (secondary N) is 2. The summed E-state index contributed by atoms with van der Waals surface area (Å²) in [6.07, 6.45) is 3.84. The molecule has 0 bridgehead atoms. The molecule has 1 atom stereocenters. The second kappa shape index (κ2) is 3.54. The Bertz CT molecular complexity index is 571. The molecule has 18 heavy (non-hydrogen) atoms. The quantitative estimate of drug-likeness (QED) is 0.776. The highest BCUT2D eigenvalue weighted by Crippen LogP contribution is 2.67. The van der Waals surface area contributed by atoms with E-state index < -0.39 is 5.82 Å². The van der Waals surface area contributed by atoms with E-state index in [1.54, 1.807) is 6.07 Å². The van der Waals surface area contributed by atoms with Crippen LogP contribution < -0.4 is 10.0 Å². The Labute approximate surface area is 113 Å². The van der Waals surface area contributed by atoms with Gasteiger partial charge in [-0.1, -0.05) is 11.6 Å². The molecule has 94 valence electrons. The van der Waals surface area contributed by atoms with Crippen LogP contribution in [0, 0.1) is 11.2 Å². The Morgan fingerprint density at radius 2 is 2.28 bits per heavy atom. The third-order valence-corrected chi connectivity index (χ3v) is 5.00. The molecule has 1 aromatic rings. The number of hydrogen-bond donors (Lipinski definition) is 2. The highest BCUT2D eigenvalue weighted by Gasteiger charge is 2.63. The number of benzene rings is 1. The maximum absolute atomic E-state index is 13.3. The fourth-order valence-corrected chi connectivity index (χ4v) is 3.24. The van der Waals surface area contributed by atoms with Gasteiger partial charge in [0, 0.05) is 0 Å². The third-order valence-electron chi connectivity index (χ3n) is 3.86. The maximum Gasteiger partial charge on any atom is 0.206 e. The van der Waals surface area contributed by atoms with Crippen molar-refractivity contribution < 1.29 is 4.39 Å². The van der Waals surface area contributed by atoms with E-state index in [1.807, 2.05) is 0 Å². The minimum absolute atomic E-state index is 0.133. The Morgan fingerprint density at radius 1 is 1.44 bits per heavy atom. The molecule has 4 rings (SSSR count). The second-order valence-electron chi connectivity index (χ2n) is 5.15. The number of nitrogens with zero attached hydrogens (tertiary/aromatic N) is 1. The summed E-state index contributed by atoms with van der Waals surface area (Å²) < 4.78 is 16.4. The molecular weight excluding hydrogens is 273 g/mol. The molecule has 1 spiro atoms. The van der Waals surface area contributed by atoms with Crippen LogP contribution in [-0.2, 0) is 0 Å². The molecule has 1 aromatic carbocycles. The highest BCUT2D eigenvalue weighted by atomic mass is 35.5. The van der Waals surface area contributed by atoms with Crippen molar-refractivity contribution in [3.63, 3.8) is 0 Å². The van der Waals surface area contributed by atoms with Gasteiger partial charge < -0.3 is 5.32 Å². The number of rotatable bonds is 1. The van der Waals surface area contributed by atoms with Crippen LogP contribution in [0.15, 0.2) is 22.0 Å². The first kappa shape index (κ1) is 10.9. The number of fused-ring (bicyclic) bond motifs is 1. The van der Waals surface area contributed by atoms with Gasteiger partial charge in [-0.2, -0.15) is 0 Å². The van der Waals surface area contributed by atoms with Crippen LogP contribution in [-0.4, -0.2) is 12.0 Å². The third kappa shape index (κ3) is 1.68. The van der Waals surface area contributed by atoms with Gasteiger partial charge >= 0.3 is 0 Å². The molecule has 0 amide bonds.